The molecule has 3 aromatic carbocycles. The number of carbonyl (C=O) groups is 1. The van der Waals surface area contributed by atoms with E-state index in [9.17, 15) is 9.59 Å². The van der Waals surface area contributed by atoms with Crippen molar-refractivity contribution in [3.8, 4) is 5.69 Å². The van der Waals surface area contributed by atoms with Crippen molar-refractivity contribution in [1.29, 1.82) is 0 Å². The predicted octanol–water partition coefficient (Wildman–Crippen LogP) is 6.62. The van der Waals surface area contributed by atoms with E-state index in [0.717, 1.165) is 5.56 Å². The molecule has 34 heavy (non-hydrogen) atoms. The Bertz CT molecular complexity index is 1430. The molecule has 1 heterocycles. The summed E-state index contributed by atoms with van der Waals surface area (Å²) in [5.41, 5.74) is 2.45. The van der Waals surface area contributed by atoms with Gasteiger partial charge in [-0.15, -0.1) is 0 Å². The van der Waals surface area contributed by atoms with Crippen LogP contribution in [0, 0.1) is 6.92 Å². The van der Waals surface area contributed by atoms with E-state index >= 15 is 0 Å². The van der Waals surface area contributed by atoms with E-state index in [0.29, 0.717) is 44.7 Å². The molecule has 2 amide bonds. The number of benzene rings is 3. The molecule has 0 spiro atoms. The van der Waals surface area contributed by atoms with E-state index in [1.807, 2.05) is 32.9 Å². The third-order valence-corrected chi connectivity index (χ3v) is 6.19. The highest BCUT2D eigenvalue weighted by Gasteiger charge is 2.26. The molecule has 8 heteroatoms. The first kappa shape index (κ1) is 23.8. The van der Waals surface area contributed by atoms with Crippen molar-refractivity contribution in [3.05, 3.63) is 98.5 Å². The molecule has 4 aromatic rings. The van der Waals surface area contributed by atoms with Gasteiger partial charge in [0, 0.05) is 22.3 Å². The third-order valence-electron chi connectivity index (χ3n) is 5.72. The molecule has 1 aromatic heterocycles. The van der Waals surface area contributed by atoms with Crippen molar-refractivity contribution >= 4 is 45.8 Å². The van der Waals surface area contributed by atoms with Gasteiger partial charge >= 0.3 is 6.03 Å². The van der Waals surface area contributed by atoms with Gasteiger partial charge in [0.1, 0.15) is 5.82 Å². The highest BCUT2D eigenvalue weighted by Crippen LogP contribution is 2.26. The molecule has 1 atom stereocenters. The average molecular weight is 495 g/mol. The van der Waals surface area contributed by atoms with E-state index < -0.39 is 6.04 Å². The largest absolute Gasteiger partial charge is 0.322 e. The van der Waals surface area contributed by atoms with Crippen LogP contribution in [0.25, 0.3) is 16.6 Å². The quantitative estimate of drug-likeness (QED) is 0.339. The Morgan fingerprint density at radius 3 is 2.50 bits per heavy atom. The lowest BCUT2D eigenvalue weighted by Crippen LogP contribution is -2.39. The summed E-state index contributed by atoms with van der Waals surface area (Å²) in [6.07, 6.45) is 0. The second-order valence-corrected chi connectivity index (χ2v) is 8.83. The molecule has 6 nitrogen and oxygen atoms in total. The van der Waals surface area contributed by atoms with Crippen molar-refractivity contribution in [2.24, 2.45) is 0 Å². The number of anilines is 1. The van der Waals surface area contributed by atoms with Gasteiger partial charge in [0.2, 0.25) is 0 Å². The monoisotopic (exact) mass is 494 g/mol. The van der Waals surface area contributed by atoms with Gasteiger partial charge in [0.15, 0.2) is 0 Å². The summed E-state index contributed by atoms with van der Waals surface area (Å²) < 4.78 is 1.58. The normalized spacial score (nSPS) is 11.9. The maximum Gasteiger partial charge on any atom is 0.322 e. The number of nitrogens with zero attached hydrogens (tertiary/aromatic N) is 3. The van der Waals surface area contributed by atoms with Crippen molar-refractivity contribution in [1.82, 2.24) is 14.5 Å². The predicted molar refractivity (Wildman–Crippen MR) is 138 cm³/mol. The van der Waals surface area contributed by atoms with Crippen LogP contribution < -0.4 is 10.9 Å². The number of urea groups is 1. The number of amides is 2. The van der Waals surface area contributed by atoms with Crippen LogP contribution in [0.1, 0.15) is 31.3 Å². The summed E-state index contributed by atoms with van der Waals surface area (Å²) in [6, 6.07) is 18.7. The minimum atomic E-state index is -0.517. The van der Waals surface area contributed by atoms with Crippen molar-refractivity contribution in [3.63, 3.8) is 0 Å². The van der Waals surface area contributed by atoms with Gasteiger partial charge in [0.25, 0.3) is 5.56 Å². The number of carbonyl (C=O) groups excluding carboxylic acids is 1. The Balaban J connectivity index is 1.84. The van der Waals surface area contributed by atoms with Gasteiger partial charge in [-0.1, -0.05) is 41.4 Å². The van der Waals surface area contributed by atoms with E-state index in [4.69, 9.17) is 28.2 Å². The Morgan fingerprint density at radius 1 is 1.06 bits per heavy atom. The fraction of sp³-hybridized carbons (Fsp3) is 0.192. The van der Waals surface area contributed by atoms with Crippen LogP contribution >= 0.6 is 23.2 Å². The maximum atomic E-state index is 13.7. The van der Waals surface area contributed by atoms with Gasteiger partial charge in [-0.2, -0.15) is 0 Å². The highest BCUT2D eigenvalue weighted by atomic mass is 35.5. The Hall–Kier alpha value is -3.35. The van der Waals surface area contributed by atoms with Crippen LogP contribution in [-0.4, -0.2) is 27.0 Å². The number of hydrogen-bond acceptors (Lipinski definition) is 3. The lowest BCUT2D eigenvalue weighted by molar-refractivity contribution is 0.193. The molecule has 0 fully saturated rings. The molecule has 4 rings (SSSR count). The lowest BCUT2D eigenvalue weighted by atomic mass is 10.1. The number of aryl methyl sites for hydroxylation is 1. The molecule has 0 saturated carbocycles. The first-order chi connectivity index (χ1) is 16.3. The number of halogens is 2. The average Bonchev–Trinajstić information content (AvgIpc) is 2.80. The van der Waals surface area contributed by atoms with E-state index in [1.165, 1.54) is 0 Å². The molecule has 0 radical (unpaired) electrons. The topological polar surface area (TPSA) is 67.2 Å². The van der Waals surface area contributed by atoms with Crippen LogP contribution in [0.2, 0.25) is 10.0 Å². The minimum absolute atomic E-state index is 0.204. The number of para-hydroxylation sites is 1. The van der Waals surface area contributed by atoms with Gasteiger partial charge in [-0.3, -0.25) is 9.36 Å². The molecule has 174 valence electrons. The minimum Gasteiger partial charge on any atom is -0.315 e. The maximum absolute atomic E-state index is 13.7. The summed E-state index contributed by atoms with van der Waals surface area (Å²) in [5.74, 6) is 0.456. The van der Waals surface area contributed by atoms with Gasteiger partial charge in [0.05, 0.1) is 22.6 Å². The van der Waals surface area contributed by atoms with Gasteiger partial charge in [-0.05, 0) is 74.9 Å². The molecule has 0 saturated heterocycles. The molecule has 0 aliphatic carbocycles. The SMILES string of the molecule is CCN(C(=O)Nc1cccc(Cl)c1)C(C)c1nc2ccccc2c(=O)n1-c1ccc(Cl)cc1C. The lowest BCUT2D eigenvalue weighted by Gasteiger charge is -2.30. The summed E-state index contributed by atoms with van der Waals surface area (Å²) in [5, 5.41) is 4.49. The highest BCUT2D eigenvalue weighted by molar-refractivity contribution is 6.31. The Labute approximate surface area is 207 Å². The first-order valence-electron chi connectivity index (χ1n) is 10.9. The van der Waals surface area contributed by atoms with E-state index in [1.54, 1.807) is 64.1 Å². The third kappa shape index (κ3) is 4.65. The van der Waals surface area contributed by atoms with Crippen LogP contribution in [-0.2, 0) is 0 Å². The van der Waals surface area contributed by atoms with Gasteiger partial charge < -0.3 is 10.2 Å². The zero-order valence-corrected chi connectivity index (χ0v) is 20.6. The summed E-state index contributed by atoms with van der Waals surface area (Å²) in [6.45, 7) is 6.03. The Kier molecular flexibility index (Phi) is 6.91. The zero-order valence-electron chi connectivity index (χ0n) is 19.0. The summed E-state index contributed by atoms with van der Waals surface area (Å²) in [7, 11) is 0. The zero-order chi connectivity index (χ0) is 24.4. The number of rotatable bonds is 5. The number of fused-ring (bicyclic) bond motifs is 1. The number of aromatic nitrogens is 2. The van der Waals surface area contributed by atoms with Crippen LogP contribution in [0.5, 0.6) is 0 Å². The molecule has 1 unspecified atom stereocenters. The fourth-order valence-corrected chi connectivity index (χ4v) is 4.44. The van der Waals surface area contributed by atoms with Gasteiger partial charge in [-0.25, -0.2) is 9.78 Å². The van der Waals surface area contributed by atoms with Crippen LogP contribution in [0.4, 0.5) is 10.5 Å². The van der Waals surface area contributed by atoms with Crippen LogP contribution in [0.3, 0.4) is 0 Å². The molecule has 0 aliphatic rings. The summed E-state index contributed by atoms with van der Waals surface area (Å²) >= 11 is 12.2. The second-order valence-electron chi connectivity index (χ2n) is 7.96. The number of nitrogens with one attached hydrogen (secondary N) is 1. The standard InChI is InChI=1S/C26H24Cl2N4O2/c1-4-31(26(34)29-20-9-7-8-18(27)15-20)17(3)24-30-22-11-6-5-10-21(22)25(33)32(24)23-13-12-19(28)14-16(23)2/h5-15,17H,4H2,1-3H3,(H,29,34). The van der Waals surface area contributed by atoms with E-state index in [2.05, 4.69) is 5.32 Å². The molecule has 0 bridgehead atoms. The number of hydrogen-bond donors (Lipinski definition) is 1. The summed E-state index contributed by atoms with van der Waals surface area (Å²) in [4.78, 5) is 33.3. The molecular formula is C26H24Cl2N4O2. The smallest absolute Gasteiger partial charge is 0.315 e. The Morgan fingerprint density at radius 2 is 1.79 bits per heavy atom. The van der Waals surface area contributed by atoms with Crippen LogP contribution in [0.15, 0.2) is 71.5 Å². The molecular weight excluding hydrogens is 471 g/mol. The van der Waals surface area contributed by atoms with Crippen molar-refractivity contribution < 1.29 is 4.79 Å². The van der Waals surface area contributed by atoms with Crippen molar-refractivity contribution in [2.45, 2.75) is 26.8 Å². The molecule has 0 aliphatic heterocycles. The fourth-order valence-electron chi connectivity index (χ4n) is 4.03. The second kappa shape index (κ2) is 9.87. The van der Waals surface area contributed by atoms with Crippen molar-refractivity contribution in [2.75, 3.05) is 11.9 Å². The molecule has 1 N–H and O–H groups in total. The first-order valence-corrected chi connectivity index (χ1v) is 11.7. The van der Waals surface area contributed by atoms with E-state index in [-0.39, 0.29) is 11.6 Å².